The monoisotopic (exact) mass is 288 g/mol. The molecule has 0 aromatic heterocycles. The van der Waals surface area contributed by atoms with Crippen molar-refractivity contribution in [1.82, 2.24) is 0 Å². The van der Waals surface area contributed by atoms with Crippen molar-refractivity contribution in [3.8, 4) is 0 Å². The van der Waals surface area contributed by atoms with Crippen LogP contribution in [0, 0.1) is 11.6 Å². The second kappa shape index (κ2) is 4.93. The summed E-state index contributed by atoms with van der Waals surface area (Å²) in [6, 6.07) is 8.03. The molecule has 21 heavy (non-hydrogen) atoms. The fourth-order valence-electron chi connectivity index (χ4n) is 2.63. The van der Waals surface area contributed by atoms with Gasteiger partial charge < -0.3 is 10.6 Å². The zero-order valence-corrected chi connectivity index (χ0v) is 11.4. The fraction of sp³-hybridized carbons (Fsp3) is 0.188. The number of nitrogens with two attached hydrogens (primary N) is 1. The van der Waals surface area contributed by atoms with E-state index in [0.29, 0.717) is 12.0 Å². The lowest BCUT2D eigenvalue weighted by molar-refractivity contribution is -0.117. The molecule has 3 rings (SSSR count). The van der Waals surface area contributed by atoms with E-state index in [-0.39, 0.29) is 5.91 Å². The Hall–Kier alpha value is -2.27. The van der Waals surface area contributed by atoms with E-state index in [4.69, 9.17) is 5.73 Å². The summed E-state index contributed by atoms with van der Waals surface area (Å²) in [5, 5.41) is 0. The van der Waals surface area contributed by atoms with Crippen molar-refractivity contribution in [2.75, 3.05) is 11.9 Å². The summed E-state index contributed by atoms with van der Waals surface area (Å²) >= 11 is 0. The van der Waals surface area contributed by atoms with Crippen LogP contribution in [0.3, 0.4) is 0 Å². The van der Waals surface area contributed by atoms with Crippen molar-refractivity contribution in [1.29, 1.82) is 0 Å². The van der Waals surface area contributed by atoms with Crippen molar-refractivity contribution < 1.29 is 13.6 Å². The molecule has 1 amide bonds. The van der Waals surface area contributed by atoms with E-state index in [9.17, 15) is 13.6 Å². The van der Waals surface area contributed by atoms with Gasteiger partial charge in [-0.25, -0.2) is 8.78 Å². The summed E-state index contributed by atoms with van der Waals surface area (Å²) in [5.74, 6) is -1.29. The molecule has 0 saturated heterocycles. The zero-order chi connectivity index (χ0) is 15.1. The molecule has 0 spiro atoms. The van der Waals surface area contributed by atoms with Crippen LogP contribution in [-0.4, -0.2) is 13.0 Å². The molecule has 1 heterocycles. The van der Waals surface area contributed by atoms with Gasteiger partial charge in [-0.1, -0.05) is 12.1 Å². The number of fused-ring (bicyclic) bond motifs is 1. The minimum Gasteiger partial charge on any atom is -0.320 e. The highest BCUT2D eigenvalue weighted by Gasteiger charge is 2.25. The van der Waals surface area contributed by atoms with E-state index in [0.717, 1.165) is 22.9 Å². The fourth-order valence-corrected chi connectivity index (χ4v) is 2.63. The lowest BCUT2D eigenvalue weighted by Gasteiger charge is -2.15. The Bertz CT molecular complexity index is 710. The first-order valence-corrected chi connectivity index (χ1v) is 6.56. The van der Waals surface area contributed by atoms with Crippen molar-refractivity contribution in [2.24, 2.45) is 5.73 Å². The van der Waals surface area contributed by atoms with E-state index >= 15 is 0 Å². The van der Waals surface area contributed by atoms with Crippen LogP contribution in [0.15, 0.2) is 36.4 Å². The molecule has 0 bridgehead atoms. The van der Waals surface area contributed by atoms with Crippen LogP contribution >= 0.6 is 0 Å². The van der Waals surface area contributed by atoms with Crippen LogP contribution in [0.2, 0.25) is 0 Å². The molecule has 5 heteroatoms. The van der Waals surface area contributed by atoms with E-state index < -0.39 is 17.7 Å². The molecule has 108 valence electrons. The van der Waals surface area contributed by atoms with E-state index in [2.05, 4.69) is 0 Å². The van der Waals surface area contributed by atoms with Crippen molar-refractivity contribution in [3.05, 3.63) is 64.7 Å². The van der Waals surface area contributed by atoms with Crippen LogP contribution < -0.4 is 10.6 Å². The number of benzene rings is 2. The summed E-state index contributed by atoms with van der Waals surface area (Å²) in [7, 11) is 1.72. The standard InChI is InChI=1S/C16H14F2N2O/c1-20-14-3-2-9(4-10(14)7-15(20)21)16(19)11-5-12(17)8-13(18)6-11/h2-6,8,16H,7,19H2,1H3. The molecule has 0 aliphatic carbocycles. The summed E-state index contributed by atoms with van der Waals surface area (Å²) in [4.78, 5) is 13.3. The molecule has 2 aromatic carbocycles. The highest BCUT2D eigenvalue weighted by atomic mass is 19.1. The third-order valence-corrected chi connectivity index (χ3v) is 3.78. The second-order valence-electron chi connectivity index (χ2n) is 5.20. The maximum atomic E-state index is 13.3. The first kappa shape index (κ1) is 13.7. The Labute approximate surface area is 121 Å². The number of rotatable bonds is 2. The molecule has 2 N–H and O–H groups in total. The average molecular weight is 288 g/mol. The second-order valence-corrected chi connectivity index (χ2v) is 5.20. The van der Waals surface area contributed by atoms with Crippen molar-refractivity contribution in [2.45, 2.75) is 12.5 Å². The van der Waals surface area contributed by atoms with Gasteiger partial charge in [0.2, 0.25) is 5.91 Å². The first-order valence-electron chi connectivity index (χ1n) is 6.56. The van der Waals surface area contributed by atoms with Gasteiger partial charge in [-0.05, 0) is 34.9 Å². The maximum absolute atomic E-state index is 13.3. The topological polar surface area (TPSA) is 46.3 Å². The first-order chi connectivity index (χ1) is 9.95. The average Bonchev–Trinajstić information content (AvgIpc) is 2.71. The number of amides is 1. The number of anilines is 1. The lowest BCUT2D eigenvalue weighted by atomic mass is 9.97. The number of carbonyl (C=O) groups excluding carboxylic acids is 1. The number of likely N-dealkylation sites (N-methyl/N-ethyl adjacent to an activating group) is 1. The van der Waals surface area contributed by atoms with Gasteiger partial charge in [0.1, 0.15) is 11.6 Å². The van der Waals surface area contributed by atoms with Gasteiger partial charge in [0, 0.05) is 18.8 Å². The van der Waals surface area contributed by atoms with Crippen LogP contribution in [0.25, 0.3) is 0 Å². The summed E-state index contributed by atoms with van der Waals surface area (Å²) in [6.45, 7) is 0. The minimum absolute atomic E-state index is 0.0209. The lowest BCUT2D eigenvalue weighted by Crippen LogP contribution is -2.20. The highest BCUT2D eigenvalue weighted by molar-refractivity contribution is 6.00. The van der Waals surface area contributed by atoms with Gasteiger partial charge in [0.25, 0.3) is 0 Å². The Kier molecular flexibility index (Phi) is 3.22. The van der Waals surface area contributed by atoms with E-state index in [1.165, 1.54) is 12.1 Å². The number of halogens is 2. The zero-order valence-electron chi connectivity index (χ0n) is 11.4. The van der Waals surface area contributed by atoms with Gasteiger partial charge in [-0.15, -0.1) is 0 Å². The number of carbonyl (C=O) groups is 1. The summed E-state index contributed by atoms with van der Waals surface area (Å²) in [5.41, 5.74) is 8.91. The van der Waals surface area contributed by atoms with Crippen LogP contribution in [0.1, 0.15) is 22.7 Å². The van der Waals surface area contributed by atoms with Crippen LogP contribution in [0.4, 0.5) is 14.5 Å². The van der Waals surface area contributed by atoms with E-state index in [1.54, 1.807) is 18.0 Å². The van der Waals surface area contributed by atoms with Crippen LogP contribution in [-0.2, 0) is 11.2 Å². The highest BCUT2D eigenvalue weighted by Crippen LogP contribution is 2.31. The normalized spacial score (nSPS) is 15.2. The van der Waals surface area contributed by atoms with Crippen molar-refractivity contribution in [3.63, 3.8) is 0 Å². The molecule has 3 nitrogen and oxygen atoms in total. The third kappa shape index (κ3) is 2.40. The minimum atomic E-state index is -0.656. The Morgan fingerprint density at radius 3 is 2.43 bits per heavy atom. The maximum Gasteiger partial charge on any atom is 0.231 e. The molecular formula is C16H14F2N2O. The molecule has 1 atom stereocenters. The quantitative estimate of drug-likeness (QED) is 0.923. The SMILES string of the molecule is CN1C(=O)Cc2cc(C(N)c3cc(F)cc(F)c3)ccc21. The molecule has 0 fully saturated rings. The third-order valence-electron chi connectivity index (χ3n) is 3.78. The smallest absolute Gasteiger partial charge is 0.231 e. The largest absolute Gasteiger partial charge is 0.320 e. The Morgan fingerprint density at radius 1 is 1.10 bits per heavy atom. The van der Waals surface area contributed by atoms with Crippen LogP contribution in [0.5, 0.6) is 0 Å². The summed E-state index contributed by atoms with van der Waals surface area (Å²) < 4.78 is 26.6. The molecule has 1 aliphatic heterocycles. The predicted octanol–water partition coefficient (Wildman–Crippen LogP) is 2.53. The number of nitrogens with zero attached hydrogens (tertiary/aromatic N) is 1. The number of hydrogen-bond donors (Lipinski definition) is 1. The molecular weight excluding hydrogens is 274 g/mol. The molecule has 1 aliphatic rings. The Balaban J connectivity index is 1.98. The van der Waals surface area contributed by atoms with E-state index in [1.807, 2.05) is 12.1 Å². The summed E-state index contributed by atoms with van der Waals surface area (Å²) in [6.07, 6.45) is 0.323. The predicted molar refractivity (Wildman–Crippen MR) is 75.9 cm³/mol. The molecule has 0 saturated carbocycles. The van der Waals surface area contributed by atoms with Gasteiger partial charge in [0.15, 0.2) is 0 Å². The van der Waals surface area contributed by atoms with Crippen molar-refractivity contribution >= 4 is 11.6 Å². The Morgan fingerprint density at radius 2 is 1.76 bits per heavy atom. The van der Waals surface area contributed by atoms with Gasteiger partial charge >= 0.3 is 0 Å². The van der Waals surface area contributed by atoms with Gasteiger partial charge in [-0.3, -0.25) is 4.79 Å². The molecule has 1 unspecified atom stereocenters. The van der Waals surface area contributed by atoms with Gasteiger partial charge in [0.05, 0.1) is 12.5 Å². The molecule has 0 radical (unpaired) electrons. The molecule has 2 aromatic rings. The van der Waals surface area contributed by atoms with Gasteiger partial charge in [-0.2, -0.15) is 0 Å². The number of hydrogen-bond acceptors (Lipinski definition) is 2.